The maximum Gasteiger partial charge on any atom is 0.269 e. The van der Waals surface area contributed by atoms with Crippen LogP contribution >= 0.6 is 0 Å². The fourth-order valence-electron chi connectivity index (χ4n) is 2.83. The van der Waals surface area contributed by atoms with Crippen LogP contribution in [0.5, 0.6) is 11.5 Å². The summed E-state index contributed by atoms with van der Waals surface area (Å²) in [4.78, 5) is 36.5. The van der Waals surface area contributed by atoms with Crippen molar-refractivity contribution in [3.05, 3.63) is 89.5 Å². The number of methoxy groups -OCH3 is 1. The van der Waals surface area contributed by atoms with Gasteiger partial charge >= 0.3 is 0 Å². The van der Waals surface area contributed by atoms with Crippen LogP contribution in [-0.4, -0.2) is 31.4 Å². The molecule has 0 aromatic heterocycles. The minimum atomic E-state index is -0.478. The second-order valence-electron chi connectivity index (χ2n) is 6.82. The van der Waals surface area contributed by atoms with E-state index in [1.165, 1.54) is 12.1 Å². The summed E-state index contributed by atoms with van der Waals surface area (Å²) in [5.74, 6) is -0.161. The van der Waals surface area contributed by atoms with Gasteiger partial charge in [-0.3, -0.25) is 25.2 Å². The van der Waals surface area contributed by atoms with Gasteiger partial charge in [0.25, 0.3) is 17.7 Å². The number of hydrazine groups is 1. The number of ether oxygens (including phenoxy) is 2. The molecule has 0 spiro atoms. The third kappa shape index (κ3) is 6.09. The molecule has 8 heteroatoms. The summed E-state index contributed by atoms with van der Waals surface area (Å²) < 4.78 is 10.6. The Morgan fingerprint density at radius 2 is 1.53 bits per heavy atom. The predicted octanol–water partition coefficient (Wildman–Crippen LogP) is 3.10. The van der Waals surface area contributed by atoms with Crippen LogP contribution in [0.25, 0.3) is 0 Å². The van der Waals surface area contributed by atoms with Crippen molar-refractivity contribution in [1.82, 2.24) is 10.9 Å². The number of hydrogen-bond acceptors (Lipinski definition) is 5. The molecule has 32 heavy (non-hydrogen) atoms. The van der Waals surface area contributed by atoms with Crippen LogP contribution < -0.4 is 25.6 Å². The minimum Gasteiger partial charge on any atom is -0.497 e. The standard InChI is InChI=1S/C24H23N3O5/c1-16-6-3-4-9-21(16)24(30)27-26-23(29)17-10-12-19(13-11-17)32-15-22(28)25-18-7-5-8-20(14-18)31-2/h3-14H,15H2,1-2H3,(H,25,28)(H,26,29)(H,27,30). The van der Waals surface area contributed by atoms with Gasteiger partial charge in [-0.15, -0.1) is 0 Å². The molecule has 3 N–H and O–H groups in total. The lowest BCUT2D eigenvalue weighted by molar-refractivity contribution is -0.118. The SMILES string of the molecule is COc1cccc(NC(=O)COc2ccc(C(=O)NNC(=O)c3ccccc3C)cc2)c1. The molecule has 0 fully saturated rings. The van der Waals surface area contributed by atoms with Gasteiger partial charge in [-0.05, 0) is 55.0 Å². The number of rotatable bonds is 7. The fourth-order valence-corrected chi connectivity index (χ4v) is 2.83. The first kappa shape index (κ1) is 22.4. The van der Waals surface area contributed by atoms with E-state index >= 15 is 0 Å². The van der Waals surface area contributed by atoms with Gasteiger partial charge in [0.05, 0.1) is 7.11 Å². The molecule has 0 unspecified atom stereocenters. The Kier molecular flexibility index (Phi) is 7.42. The van der Waals surface area contributed by atoms with E-state index < -0.39 is 11.8 Å². The van der Waals surface area contributed by atoms with Crippen molar-refractivity contribution in [2.24, 2.45) is 0 Å². The second-order valence-corrected chi connectivity index (χ2v) is 6.82. The molecule has 3 aromatic carbocycles. The van der Waals surface area contributed by atoms with E-state index in [0.29, 0.717) is 28.3 Å². The quantitative estimate of drug-likeness (QED) is 0.497. The van der Waals surface area contributed by atoms with Crippen LogP contribution in [0.4, 0.5) is 5.69 Å². The Hall–Kier alpha value is -4.33. The first-order chi connectivity index (χ1) is 15.5. The van der Waals surface area contributed by atoms with Crippen molar-refractivity contribution in [2.75, 3.05) is 19.0 Å². The normalized spacial score (nSPS) is 10.1. The van der Waals surface area contributed by atoms with Crippen LogP contribution in [-0.2, 0) is 4.79 Å². The molecule has 0 saturated heterocycles. The molecule has 164 valence electrons. The fraction of sp³-hybridized carbons (Fsp3) is 0.125. The van der Waals surface area contributed by atoms with Gasteiger partial charge in [0.2, 0.25) is 0 Å². The van der Waals surface area contributed by atoms with Crippen molar-refractivity contribution in [3.8, 4) is 11.5 Å². The average Bonchev–Trinajstić information content (AvgIpc) is 2.81. The van der Waals surface area contributed by atoms with Crippen molar-refractivity contribution >= 4 is 23.4 Å². The van der Waals surface area contributed by atoms with Crippen molar-refractivity contribution < 1.29 is 23.9 Å². The molecule has 0 aliphatic carbocycles. The lowest BCUT2D eigenvalue weighted by atomic mass is 10.1. The molecule has 0 saturated carbocycles. The predicted molar refractivity (Wildman–Crippen MR) is 120 cm³/mol. The number of carbonyl (C=O) groups excluding carboxylic acids is 3. The Morgan fingerprint density at radius 1 is 0.812 bits per heavy atom. The van der Waals surface area contributed by atoms with Gasteiger partial charge in [-0.25, -0.2) is 0 Å². The number of carbonyl (C=O) groups is 3. The van der Waals surface area contributed by atoms with E-state index in [-0.39, 0.29) is 12.5 Å². The maximum atomic E-state index is 12.3. The topological polar surface area (TPSA) is 106 Å². The number of nitrogens with one attached hydrogen (secondary N) is 3. The zero-order valence-electron chi connectivity index (χ0n) is 17.7. The highest BCUT2D eigenvalue weighted by Gasteiger charge is 2.11. The highest BCUT2D eigenvalue weighted by molar-refractivity contribution is 5.99. The van der Waals surface area contributed by atoms with Crippen molar-refractivity contribution in [1.29, 1.82) is 0 Å². The van der Waals surface area contributed by atoms with Crippen LogP contribution in [0, 0.1) is 6.92 Å². The lowest BCUT2D eigenvalue weighted by Crippen LogP contribution is -2.41. The molecular formula is C24H23N3O5. The third-order valence-electron chi connectivity index (χ3n) is 4.52. The third-order valence-corrected chi connectivity index (χ3v) is 4.52. The van der Waals surface area contributed by atoms with Gasteiger partial charge in [0, 0.05) is 22.9 Å². The van der Waals surface area contributed by atoms with E-state index in [1.54, 1.807) is 55.6 Å². The Balaban J connectivity index is 1.47. The zero-order chi connectivity index (χ0) is 22.9. The van der Waals surface area contributed by atoms with E-state index in [4.69, 9.17) is 9.47 Å². The van der Waals surface area contributed by atoms with Crippen LogP contribution in [0.1, 0.15) is 26.3 Å². The largest absolute Gasteiger partial charge is 0.497 e. The number of amides is 3. The first-order valence-electron chi connectivity index (χ1n) is 9.79. The minimum absolute atomic E-state index is 0.199. The van der Waals surface area contributed by atoms with Crippen LogP contribution in [0.15, 0.2) is 72.8 Å². The molecule has 8 nitrogen and oxygen atoms in total. The monoisotopic (exact) mass is 433 g/mol. The summed E-state index contributed by atoms with van der Waals surface area (Å²) in [6.07, 6.45) is 0. The summed E-state index contributed by atoms with van der Waals surface area (Å²) in [6.45, 7) is 1.61. The van der Waals surface area contributed by atoms with Gasteiger partial charge in [0.15, 0.2) is 6.61 Å². The number of benzene rings is 3. The number of anilines is 1. The lowest BCUT2D eigenvalue weighted by Gasteiger charge is -2.10. The molecule has 0 atom stereocenters. The summed E-state index contributed by atoms with van der Waals surface area (Å²) >= 11 is 0. The summed E-state index contributed by atoms with van der Waals surface area (Å²) in [5.41, 5.74) is 6.96. The molecule has 0 aliphatic heterocycles. The van der Waals surface area contributed by atoms with Gasteiger partial charge in [-0.2, -0.15) is 0 Å². The number of aryl methyl sites for hydroxylation is 1. The number of hydrogen-bond donors (Lipinski definition) is 3. The highest BCUT2D eigenvalue weighted by atomic mass is 16.5. The summed E-state index contributed by atoms with van der Waals surface area (Å²) in [7, 11) is 1.55. The molecule has 0 aliphatic rings. The molecule has 3 aromatic rings. The highest BCUT2D eigenvalue weighted by Crippen LogP contribution is 2.17. The molecular weight excluding hydrogens is 410 g/mol. The molecule has 0 radical (unpaired) electrons. The van der Waals surface area contributed by atoms with E-state index in [9.17, 15) is 14.4 Å². The average molecular weight is 433 g/mol. The molecule has 0 heterocycles. The van der Waals surface area contributed by atoms with Gasteiger partial charge in [0.1, 0.15) is 11.5 Å². The second kappa shape index (κ2) is 10.6. The summed E-state index contributed by atoms with van der Waals surface area (Å²) in [6, 6.07) is 20.2. The van der Waals surface area contributed by atoms with Crippen LogP contribution in [0.3, 0.4) is 0 Å². The van der Waals surface area contributed by atoms with Crippen molar-refractivity contribution in [3.63, 3.8) is 0 Å². The van der Waals surface area contributed by atoms with Crippen LogP contribution in [0.2, 0.25) is 0 Å². The molecule has 3 amide bonds. The van der Waals surface area contributed by atoms with E-state index in [0.717, 1.165) is 5.56 Å². The van der Waals surface area contributed by atoms with E-state index in [1.807, 2.05) is 19.1 Å². The maximum absolute atomic E-state index is 12.3. The smallest absolute Gasteiger partial charge is 0.269 e. The molecule has 3 rings (SSSR count). The van der Waals surface area contributed by atoms with Gasteiger partial charge < -0.3 is 14.8 Å². The summed E-state index contributed by atoms with van der Waals surface area (Å²) in [5, 5.41) is 2.71. The zero-order valence-corrected chi connectivity index (χ0v) is 17.7. The first-order valence-corrected chi connectivity index (χ1v) is 9.79. The Labute approximate surface area is 185 Å². The van der Waals surface area contributed by atoms with E-state index in [2.05, 4.69) is 16.2 Å². The Morgan fingerprint density at radius 3 is 2.25 bits per heavy atom. The van der Waals surface area contributed by atoms with Crippen molar-refractivity contribution in [2.45, 2.75) is 6.92 Å². The Bertz CT molecular complexity index is 1110. The van der Waals surface area contributed by atoms with Gasteiger partial charge in [-0.1, -0.05) is 24.3 Å². The molecule has 0 bridgehead atoms.